The van der Waals surface area contributed by atoms with Crippen LogP contribution in [-0.4, -0.2) is 120 Å². The minimum Gasteiger partial charge on any atom is -0.481 e. The molecule has 110 heavy (non-hydrogen) atoms. The molecule has 586 valence electrons. The highest BCUT2D eigenvalue weighted by molar-refractivity contribution is 5.91. The van der Waals surface area contributed by atoms with Gasteiger partial charge in [-0.1, -0.05) is 151 Å². The lowest BCUT2D eigenvalue weighted by atomic mass is 9.90. The smallest absolute Gasteiger partial charge is 0.307 e. The molecule has 0 aliphatic rings. The van der Waals surface area contributed by atoms with E-state index in [0.717, 1.165) is 22.3 Å². The SMILES string of the molecule is C[C@@H](N)C(=O)CC(Cc1cccc(F)c1)C(=O)O.C[C@H](O)[C@@H](N)C(=O)CC(Cc1ccc(F)cc1)C(=O)O.Cc1ccc(CC(CC(=O)C(N)Cc2ccc(F)cc2)C(=O)O)cc1.N[C@@H](Cc1ccccc1)C(=O)CC(Cc1ccc(F)cc1)C(=O)O.N[C@H](C(=O)CC(Cc1cccc(F)c1)C(=O)O)c1ccccc1. The first-order valence-electron chi connectivity index (χ1n) is 35.1. The number of halogens is 5. The van der Waals surface area contributed by atoms with E-state index in [1.807, 2.05) is 67.6 Å². The van der Waals surface area contributed by atoms with Crippen molar-refractivity contribution in [2.24, 2.45) is 58.3 Å². The van der Waals surface area contributed by atoms with E-state index in [4.69, 9.17) is 38.9 Å². The number of aliphatic carboxylic acids is 5. The maximum Gasteiger partial charge on any atom is 0.307 e. The lowest BCUT2D eigenvalue weighted by Gasteiger charge is -2.17. The molecule has 0 aliphatic heterocycles. The van der Waals surface area contributed by atoms with Gasteiger partial charge in [-0.3, -0.25) is 47.9 Å². The molecule has 11 atom stereocenters. The third-order valence-corrected chi connectivity index (χ3v) is 17.5. The number of carbonyl (C=O) groups excluding carboxylic acids is 5. The summed E-state index contributed by atoms with van der Waals surface area (Å²) in [5.41, 5.74) is 35.3. The number of Topliss-reactive ketones (excluding diaryl/α,β-unsaturated/α-hetero) is 5. The Morgan fingerprint density at radius 2 is 0.582 bits per heavy atom. The van der Waals surface area contributed by atoms with Crippen molar-refractivity contribution in [3.63, 3.8) is 0 Å². The summed E-state index contributed by atoms with van der Waals surface area (Å²) < 4.78 is 64.8. The fourth-order valence-corrected chi connectivity index (χ4v) is 11.0. The molecule has 0 spiro atoms. The van der Waals surface area contributed by atoms with E-state index < -0.39 is 119 Å². The number of aliphatic hydroxyl groups excluding tert-OH is 1. The summed E-state index contributed by atoms with van der Waals surface area (Å²) in [7, 11) is 0. The van der Waals surface area contributed by atoms with Crippen molar-refractivity contribution in [3.05, 3.63) is 285 Å². The van der Waals surface area contributed by atoms with E-state index in [0.29, 0.717) is 34.2 Å². The van der Waals surface area contributed by atoms with Crippen molar-refractivity contribution in [2.45, 2.75) is 134 Å². The second-order valence-corrected chi connectivity index (χ2v) is 26.7. The molecule has 21 nitrogen and oxygen atoms in total. The van der Waals surface area contributed by atoms with Crippen LogP contribution in [0.4, 0.5) is 22.0 Å². The molecule has 8 aromatic rings. The number of hydrogen-bond donors (Lipinski definition) is 11. The molecule has 0 saturated carbocycles. The van der Waals surface area contributed by atoms with Gasteiger partial charge in [0.25, 0.3) is 0 Å². The average molecular weight is 1520 g/mol. The molecule has 0 bridgehead atoms. The first-order valence-corrected chi connectivity index (χ1v) is 35.1. The maximum atomic E-state index is 13.2. The van der Waals surface area contributed by atoms with Crippen LogP contribution in [0.25, 0.3) is 0 Å². The van der Waals surface area contributed by atoms with Crippen LogP contribution in [0.2, 0.25) is 0 Å². The highest BCUT2D eigenvalue weighted by Crippen LogP contribution is 2.23. The Morgan fingerprint density at radius 3 is 0.900 bits per heavy atom. The van der Waals surface area contributed by atoms with Crippen molar-refractivity contribution in [2.75, 3.05) is 0 Å². The third kappa shape index (κ3) is 34.4. The Morgan fingerprint density at radius 1 is 0.309 bits per heavy atom. The number of nitrogens with two attached hydrogens (primary N) is 5. The Hall–Kier alpha value is -11.1. The van der Waals surface area contributed by atoms with E-state index in [2.05, 4.69) is 0 Å². The predicted molar refractivity (Wildman–Crippen MR) is 402 cm³/mol. The third-order valence-electron chi connectivity index (χ3n) is 17.5. The number of carbonyl (C=O) groups is 10. The van der Waals surface area contributed by atoms with Crippen LogP contribution >= 0.6 is 0 Å². The Balaban J connectivity index is 0.000000292. The molecule has 8 rings (SSSR count). The first kappa shape index (κ1) is 91.3. The Labute approximate surface area is 634 Å². The summed E-state index contributed by atoms with van der Waals surface area (Å²) in [4.78, 5) is 117. The molecule has 0 aliphatic carbocycles. The summed E-state index contributed by atoms with van der Waals surface area (Å²) >= 11 is 0. The van der Waals surface area contributed by atoms with Crippen molar-refractivity contribution in [1.82, 2.24) is 0 Å². The lowest BCUT2D eigenvalue weighted by molar-refractivity contribution is -0.144. The van der Waals surface area contributed by atoms with Gasteiger partial charge in [0.05, 0.1) is 65.9 Å². The Bertz CT molecular complexity index is 4270. The molecule has 8 aromatic carbocycles. The minimum atomic E-state index is -1.12. The number of ketones is 5. The van der Waals surface area contributed by atoms with Crippen molar-refractivity contribution < 1.29 is 101 Å². The fourth-order valence-electron chi connectivity index (χ4n) is 11.0. The van der Waals surface area contributed by atoms with Gasteiger partial charge in [-0.15, -0.1) is 0 Å². The molecule has 0 saturated heterocycles. The molecule has 0 radical (unpaired) electrons. The first-order chi connectivity index (χ1) is 52.0. The molecular weight excluding hydrogens is 1430 g/mol. The van der Waals surface area contributed by atoms with Crippen LogP contribution in [0.1, 0.15) is 102 Å². The van der Waals surface area contributed by atoms with Crippen LogP contribution in [0.3, 0.4) is 0 Å². The van der Waals surface area contributed by atoms with E-state index in [1.165, 1.54) is 111 Å². The highest BCUT2D eigenvalue weighted by Gasteiger charge is 2.31. The van der Waals surface area contributed by atoms with Gasteiger partial charge in [-0.25, -0.2) is 22.0 Å². The molecule has 0 heterocycles. The molecular formula is C84H94F5N5O16. The Kier molecular flexibility index (Phi) is 38.9. The number of carboxylic acid groups (broad SMARTS) is 5. The monoisotopic (exact) mass is 1520 g/mol. The molecule has 26 heteroatoms. The van der Waals surface area contributed by atoms with E-state index in [1.54, 1.807) is 48.5 Å². The summed E-state index contributed by atoms with van der Waals surface area (Å²) in [6.07, 6.45) is -0.485. The molecule has 0 aromatic heterocycles. The molecule has 0 fully saturated rings. The summed E-state index contributed by atoms with van der Waals surface area (Å²) in [6.45, 7) is 4.85. The van der Waals surface area contributed by atoms with Crippen LogP contribution in [0.15, 0.2) is 206 Å². The second-order valence-electron chi connectivity index (χ2n) is 26.7. The van der Waals surface area contributed by atoms with E-state index in [9.17, 15) is 90.3 Å². The normalized spacial score (nSPS) is 13.8. The number of benzene rings is 8. The summed E-state index contributed by atoms with van der Waals surface area (Å²) in [5, 5.41) is 55.5. The summed E-state index contributed by atoms with van der Waals surface area (Å²) in [6, 6.07) is 49.8. The standard InChI is InChI=1S/C20H22FNO3.C19H20FNO3.C18H18FNO3.C14H18FNO4.C13H16FNO3/c1-13-2-4-14(5-3-13)10-16(20(24)25)12-19(23)18(22)11-15-6-8-17(21)9-7-15;20-16-8-6-14(7-9-16)10-15(19(23)24)12-18(22)17(21)11-13-4-2-1-3-5-13;19-15-8-4-5-12(10-15)9-14(18(22)23)11-16(21)17(20)13-6-2-1-3-7-13;1-8(17)13(16)12(18)7-10(14(19)20)6-9-2-4-11(15)5-3-9;1-8(15)12(16)7-10(13(17)18)5-9-3-2-4-11(14)6-9/h2-9,16,18H,10-12,22H2,1H3,(H,24,25);1-9,15,17H,10-12,21H2,(H,23,24);1-8,10,14,17H,9,11,20H2,(H,22,23);2-5,8,10,13,17H,6-7,16H2,1H3,(H,19,20);2-4,6,8,10H,5,7,15H2,1H3,(H,17,18)/t;15?,17-;14?,17-;8-,10?,13+;8-,10?/m.0001/s1. The van der Waals surface area contributed by atoms with Gasteiger partial charge in [0.1, 0.15) is 34.9 Å². The largest absolute Gasteiger partial charge is 0.481 e. The van der Waals surface area contributed by atoms with Gasteiger partial charge in [-0.2, -0.15) is 0 Å². The van der Waals surface area contributed by atoms with E-state index >= 15 is 0 Å². The van der Waals surface area contributed by atoms with Crippen LogP contribution in [0, 0.1) is 65.6 Å². The maximum absolute atomic E-state index is 13.2. The average Bonchev–Trinajstić information content (AvgIpc) is 0.912. The van der Waals surface area contributed by atoms with Crippen molar-refractivity contribution in [1.29, 1.82) is 0 Å². The molecule has 0 amide bonds. The minimum absolute atomic E-state index is 0.0837. The van der Waals surface area contributed by atoms with E-state index in [-0.39, 0.29) is 105 Å². The van der Waals surface area contributed by atoms with Gasteiger partial charge in [0, 0.05) is 32.1 Å². The number of hydrogen-bond acceptors (Lipinski definition) is 16. The van der Waals surface area contributed by atoms with Crippen LogP contribution < -0.4 is 28.7 Å². The van der Waals surface area contributed by atoms with Gasteiger partial charge < -0.3 is 59.3 Å². The zero-order valence-corrected chi connectivity index (χ0v) is 61.0. The number of carboxylic acids is 5. The van der Waals surface area contributed by atoms with Gasteiger partial charge in [0.15, 0.2) is 23.1 Å². The highest BCUT2D eigenvalue weighted by atomic mass is 19.1. The van der Waals surface area contributed by atoms with Crippen molar-refractivity contribution >= 4 is 58.8 Å². The molecule has 16 N–H and O–H groups in total. The number of rotatable bonds is 36. The fraction of sp³-hybridized carbons (Fsp3) is 0.310. The van der Waals surface area contributed by atoms with Crippen LogP contribution in [0.5, 0.6) is 0 Å². The second kappa shape index (κ2) is 46.9. The van der Waals surface area contributed by atoms with Gasteiger partial charge in [-0.05, 0) is 171 Å². The lowest BCUT2D eigenvalue weighted by Crippen LogP contribution is -2.41. The molecule has 6 unspecified atom stereocenters. The predicted octanol–water partition coefficient (Wildman–Crippen LogP) is 10.3. The van der Waals surface area contributed by atoms with Crippen LogP contribution in [-0.2, 0) is 92.9 Å². The quantitative estimate of drug-likeness (QED) is 0.0163. The van der Waals surface area contributed by atoms with Gasteiger partial charge >= 0.3 is 29.8 Å². The number of aliphatic hydroxyl groups is 1. The zero-order valence-electron chi connectivity index (χ0n) is 61.0. The zero-order chi connectivity index (χ0) is 81.7. The van der Waals surface area contributed by atoms with Crippen molar-refractivity contribution in [3.8, 4) is 0 Å². The summed E-state index contributed by atoms with van der Waals surface area (Å²) in [5.74, 6) is -13.5. The topological polar surface area (TPSA) is 422 Å². The number of aryl methyl sites for hydroxylation is 1. The van der Waals surface area contributed by atoms with Gasteiger partial charge in [0.2, 0.25) is 0 Å².